The Balaban J connectivity index is 2.73. The van der Waals surface area contributed by atoms with E-state index in [2.05, 4.69) is 10.3 Å². The SMILES string of the molecule is CCNC(=NCC(=O)N(C)CC(F)(F)F)N(C)Cc1cccc(F)c1. The van der Waals surface area contributed by atoms with Gasteiger partial charge in [0.2, 0.25) is 5.91 Å². The normalized spacial score (nSPS) is 12.0. The molecule has 1 aromatic rings. The number of halogens is 4. The summed E-state index contributed by atoms with van der Waals surface area (Å²) in [5, 5.41) is 2.95. The standard InChI is InChI=1S/C16H22F4N4O/c1-4-21-15(22-9-14(25)24(3)11-16(18,19)20)23(2)10-12-6-5-7-13(17)8-12/h5-8H,4,9-11H2,1-3H3,(H,21,22). The number of carbonyl (C=O) groups is 1. The molecular weight excluding hydrogens is 340 g/mol. The average Bonchev–Trinajstić information content (AvgIpc) is 2.49. The maximum Gasteiger partial charge on any atom is 0.406 e. The van der Waals surface area contributed by atoms with E-state index in [1.54, 1.807) is 24.1 Å². The molecule has 0 aliphatic carbocycles. The lowest BCUT2D eigenvalue weighted by Gasteiger charge is -2.23. The minimum Gasteiger partial charge on any atom is -0.357 e. The molecule has 0 aliphatic heterocycles. The molecule has 0 bridgehead atoms. The number of hydrogen-bond acceptors (Lipinski definition) is 2. The van der Waals surface area contributed by atoms with Gasteiger partial charge in [0.25, 0.3) is 0 Å². The topological polar surface area (TPSA) is 47.9 Å². The van der Waals surface area contributed by atoms with E-state index >= 15 is 0 Å². The Morgan fingerprint density at radius 2 is 1.92 bits per heavy atom. The van der Waals surface area contributed by atoms with Crippen LogP contribution < -0.4 is 5.32 Å². The van der Waals surface area contributed by atoms with Crippen LogP contribution in [0.15, 0.2) is 29.3 Å². The lowest BCUT2D eigenvalue weighted by atomic mass is 10.2. The van der Waals surface area contributed by atoms with E-state index in [0.717, 1.165) is 7.05 Å². The molecule has 1 rings (SSSR count). The molecule has 0 heterocycles. The Morgan fingerprint density at radius 1 is 1.24 bits per heavy atom. The lowest BCUT2D eigenvalue weighted by Crippen LogP contribution is -2.41. The summed E-state index contributed by atoms with van der Waals surface area (Å²) in [5.74, 6) is -0.760. The molecular formula is C16H22F4N4O. The molecule has 0 aromatic heterocycles. The van der Waals surface area contributed by atoms with Gasteiger partial charge in [-0.3, -0.25) is 4.79 Å². The van der Waals surface area contributed by atoms with E-state index in [4.69, 9.17) is 0 Å². The number of nitrogens with one attached hydrogen (secondary N) is 1. The summed E-state index contributed by atoms with van der Waals surface area (Å²) in [4.78, 5) is 18.1. The number of hydrogen-bond donors (Lipinski definition) is 1. The first-order valence-electron chi connectivity index (χ1n) is 7.67. The zero-order valence-corrected chi connectivity index (χ0v) is 14.4. The van der Waals surface area contributed by atoms with Gasteiger partial charge in [-0.05, 0) is 24.6 Å². The van der Waals surface area contributed by atoms with Gasteiger partial charge in [-0.1, -0.05) is 12.1 Å². The molecule has 140 valence electrons. The number of likely N-dealkylation sites (N-methyl/N-ethyl adjacent to an activating group) is 1. The van der Waals surface area contributed by atoms with Crippen molar-refractivity contribution in [3.63, 3.8) is 0 Å². The van der Waals surface area contributed by atoms with Crippen LogP contribution in [0.1, 0.15) is 12.5 Å². The van der Waals surface area contributed by atoms with Crippen LogP contribution in [-0.2, 0) is 11.3 Å². The third-order valence-corrected chi connectivity index (χ3v) is 3.21. The first-order valence-corrected chi connectivity index (χ1v) is 7.67. The van der Waals surface area contributed by atoms with E-state index in [-0.39, 0.29) is 5.82 Å². The van der Waals surface area contributed by atoms with E-state index in [0.29, 0.717) is 29.5 Å². The van der Waals surface area contributed by atoms with Gasteiger partial charge >= 0.3 is 6.18 Å². The van der Waals surface area contributed by atoms with Crippen molar-refractivity contribution in [2.45, 2.75) is 19.6 Å². The van der Waals surface area contributed by atoms with Crippen molar-refractivity contribution in [3.8, 4) is 0 Å². The smallest absolute Gasteiger partial charge is 0.357 e. The first kappa shape index (κ1) is 20.7. The second kappa shape index (κ2) is 9.24. The summed E-state index contributed by atoms with van der Waals surface area (Å²) >= 11 is 0. The molecule has 1 N–H and O–H groups in total. The zero-order valence-electron chi connectivity index (χ0n) is 14.4. The summed E-state index contributed by atoms with van der Waals surface area (Å²) < 4.78 is 50.2. The number of alkyl halides is 3. The second-order valence-electron chi connectivity index (χ2n) is 5.52. The molecule has 0 atom stereocenters. The molecule has 1 amide bonds. The predicted molar refractivity (Wildman–Crippen MR) is 87.5 cm³/mol. The molecule has 0 fully saturated rings. The molecule has 0 saturated heterocycles. The van der Waals surface area contributed by atoms with Crippen molar-refractivity contribution in [2.24, 2.45) is 4.99 Å². The van der Waals surface area contributed by atoms with E-state index in [9.17, 15) is 22.4 Å². The van der Waals surface area contributed by atoms with Crippen LogP contribution in [0.3, 0.4) is 0 Å². The number of rotatable bonds is 6. The maximum absolute atomic E-state index is 13.2. The van der Waals surface area contributed by atoms with E-state index < -0.39 is 25.2 Å². The third kappa shape index (κ3) is 7.86. The van der Waals surface area contributed by atoms with Crippen molar-refractivity contribution in [1.82, 2.24) is 15.1 Å². The van der Waals surface area contributed by atoms with Gasteiger partial charge in [0.05, 0.1) is 0 Å². The van der Waals surface area contributed by atoms with Crippen molar-refractivity contribution < 1.29 is 22.4 Å². The zero-order chi connectivity index (χ0) is 19.0. The summed E-state index contributed by atoms with van der Waals surface area (Å²) in [6, 6.07) is 6.03. The monoisotopic (exact) mass is 362 g/mol. The minimum absolute atomic E-state index is 0.330. The van der Waals surface area contributed by atoms with Gasteiger partial charge in [-0.2, -0.15) is 13.2 Å². The van der Waals surface area contributed by atoms with Crippen molar-refractivity contribution in [2.75, 3.05) is 33.7 Å². The van der Waals surface area contributed by atoms with Crippen LogP contribution in [0.25, 0.3) is 0 Å². The van der Waals surface area contributed by atoms with Gasteiger partial charge < -0.3 is 15.1 Å². The van der Waals surface area contributed by atoms with Gasteiger partial charge in [0, 0.05) is 27.2 Å². The van der Waals surface area contributed by atoms with E-state index in [1.165, 1.54) is 12.1 Å². The fraction of sp³-hybridized carbons (Fsp3) is 0.500. The summed E-state index contributed by atoms with van der Waals surface area (Å²) in [7, 11) is 2.77. The van der Waals surface area contributed by atoms with Crippen LogP contribution >= 0.6 is 0 Å². The number of guanidine groups is 1. The Morgan fingerprint density at radius 3 is 2.48 bits per heavy atom. The number of aliphatic imine (C=N–C) groups is 1. The molecule has 1 aromatic carbocycles. The van der Waals surface area contributed by atoms with Gasteiger partial charge in [-0.25, -0.2) is 9.38 Å². The summed E-state index contributed by atoms with van der Waals surface area (Å²) in [6.45, 7) is 0.928. The molecule has 0 radical (unpaired) electrons. The van der Waals surface area contributed by atoms with Crippen LogP contribution in [0.5, 0.6) is 0 Å². The molecule has 9 heteroatoms. The summed E-state index contributed by atoms with van der Waals surface area (Å²) in [6.07, 6.45) is -4.45. The highest BCUT2D eigenvalue weighted by Crippen LogP contribution is 2.15. The Kier molecular flexibility index (Phi) is 7.66. The second-order valence-corrected chi connectivity index (χ2v) is 5.52. The highest BCUT2D eigenvalue weighted by molar-refractivity contribution is 5.84. The molecule has 0 saturated carbocycles. The highest BCUT2D eigenvalue weighted by Gasteiger charge is 2.31. The fourth-order valence-electron chi connectivity index (χ4n) is 2.07. The molecule has 0 aliphatic rings. The molecule has 0 spiro atoms. The van der Waals surface area contributed by atoms with Gasteiger partial charge in [0.1, 0.15) is 18.9 Å². The van der Waals surface area contributed by atoms with Gasteiger partial charge in [-0.15, -0.1) is 0 Å². The lowest BCUT2D eigenvalue weighted by molar-refractivity contribution is -0.157. The quantitative estimate of drug-likeness (QED) is 0.480. The maximum atomic E-state index is 13.2. The largest absolute Gasteiger partial charge is 0.406 e. The van der Waals surface area contributed by atoms with Crippen LogP contribution in [0, 0.1) is 5.82 Å². The van der Waals surface area contributed by atoms with Crippen LogP contribution in [-0.4, -0.2) is 61.6 Å². The van der Waals surface area contributed by atoms with Crippen LogP contribution in [0.2, 0.25) is 0 Å². The predicted octanol–water partition coefficient (Wildman–Crippen LogP) is 2.24. The Labute approximate surface area is 144 Å². The number of nitrogens with zero attached hydrogens (tertiary/aromatic N) is 3. The number of benzene rings is 1. The fourth-order valence-corrected chi connectivity index (χ4v) is 2.07. The number of amides is 1. The van der Waals surface area contributed by atoms with Crippen molar-refractivity contribution in [1.29, 1.82) is 0 Å². The number of carbonyl (C=O) groups excluding carboxylic acids is 1. The first-order chi connectivity index (χ1) is 11.6. The third-order valence-electron chi connectivity index (χ3n) is 3.21. The van der Waals surface area contributed by atoms with Crippen molar-refractivity contribution in [3.05, 3.63) is 35.6 Å². The highest BCUT2D eigenvalue weighted by atomic mass is 19.4. The van der Waals surface area contributed by atoms with E-state index in [1.807, 2.05) is 6.92 Å². The van der Waals surface area contributed by atoms with Crippen molar-refractivity contribution >= 4 is 11.9 Å². The Hall–Kier alpha value is -2.32. The Bertz CT molecular complexity index is 604. The average molecular weight is 362 g/mol. The minimum atomic E-state index is -4.45. The summed E-state index contributed by atoms with van der Waals surface area (Å²) in [5.41, 5.74) is 0.702. The molecule has 5 nitrogen and oxygen atoms in total. The molecule has 25 heavy (non-hydrogen) atoms. The molecule has 0 unspecified atom stereocenters. The van der Waals surface area contributed by atoms with Gasteiger partial charge in [0.15, 0.2) is 5.96 Å². The van der Waals surface area contributed by atoms with Crippen LogP contribution in [0.4, 0.5) is 17.6 Å².